The summed E-state index contributed by atoms with van der Waals surface area (Å²) < 4.78 is 0. The van der Waals surface area contributed by atoms with Crippen molar-refractivity contribution in [2.24, 2.45) is 0 Å². The molecule has 3 rings (SSSR count). The average molecular weight is 332 g/mol. The smallest absolute Gasteiger partial charge is 0.264 e. The minimum atomic E-state index is 0.125. The van der Waals surface area contributed by atoms with Crippen LogP contribution >= 0.6 is 11.3 Å². The van der Waals surface area contributed by atoms with E-state index in [4.69, 9.17) is 0 Å². The van der Waals surface area contributed by atoms with Gasteiger partial charge >= 0.3 is 0 Å². The fourth-order valence-corrected chi connectivity index (χ4v) is 4.50. The van der Waals surface area contributed by atoms with Gasteiger partial charge in [-0.2, -0.15) is 0 Å². The van der Waals surface area contributed by atoms with E-state index in [1.165, 1.54) is 30.6 Å². The number of carbonyl (C=O) groups is 1. The summed E-state index contributed by atoms with van der Waals surface area (Å²) in [6.45, 7) is 4.84. The fourth-order valence-electron chi connectivity index (χ4n) is 3.37. The number of fused-ring (bicyclic) bond motifs is 1. The van der Waals surface area contributed by atoms with E-state index < -0.39 is 0 Å². The molecule has 0 atom stereocenters. The van der Waals surface area contributed by atoms with Crippen molar-refractivity contribution in [1.29, 1.82) is 0 Å². The summed E-state index contributed by atoms with van der Waals surface area (Å²) >= 11 is 1.48. The third kappa shape index (κ3) is 3.04. The van der Waals surface area contributed by atoms with Gasteiger partial charge in [0.1, 0.15) is 17.0 Å². The molecule has 124 valence electrons. The Bertz CT molecular complexity index is 706. The van der Waals surface area contributed by atoms with Crippen molar-refractivity contribution < 1.29 is 4.79 Å². The number of rotatable bonds is 4. The van der Waals surface area contributed by atoms with E-state index >= 15 is 0 Å². The van der Waals surface area contributed by atoms with E-state index in [0.717, 1.165) is 45.9 Å². The second-order valence-electron chi connectivity index (χ2n) is 6.20. The molecule has 1 fully saturated rings. The van der Waals surface area contributed by atoms with Crippen LogP contribution in [0.4, 0.5) is 5.82 Å². The molecule has 0 aromatic carbocycles. The maximum atomic E-state index is 13.0. The number of hydrogen-bond donors (Lipinski definition) is 1. The number of carbonyl (C=O) groups excluding carboxylic acids is 1. The topological polar surface area (TPSA) is 58.1 Å². The first kappa shape index (κ1) is 16.2. The summed E-state index contributed by atoms with van der Waals surface area (Å²) in [7, 11) is 1.94. The molecular weight excluding hydrogens is 308 g/mol. The Morgan fingerprint density at radius 2 is 2.09 bits per heavy atom. The predicted octanol–water partition coefficient (Wildman–Crippen LogP) is 3.84. The largest absolute Gasteiger partial charge is 0.370 e. The third-order valence-electron chi connectivity index (χ3n) is 4.71. The SMILES string of the molecule is CCNc1ncnc2sc(C(=O)N(C)C3CCCCC3)c(C)c12. The van der Waals surface area contributed by atoms with Crippen LogP contribution < -0.4 is 5.32 Å². The summed E-state index contributed by atoms with van der Waals surface area (Å²) in [5, 5.41) is 4.25. The normalized spacial score (nSPS) is 15.8. The van der Waals surface area contributed by atoms with E-state index in [2.05, 4.69) is 15.3 Å². The Kier molecular flexibility index (Phi) is 4.80. The zero-order chi connectivity index (χ0) is 16.4. The van der Waals surface area contributed by atoms with Crippen molar-refractivity contribution in [1.82, 2.24) is 14.9 Å². The summed E-state index contributed by atoms with van der Waals surface area (Å²) in [6.07, 6.45) is 7.55. The molecule has 0 saturated heterocycles. The molecule has 0 radical (unpaired) electrons. The highest BCUT2D eigenvalue weighted by Crippen LogP contribution is 2.34. The highest BCUT2D eigenvalue weighted by atomic mass is 32.1. The molecule has 1 aliphatic carbocycles. The van der Waals surface area contributed by atoms with Crippen LogP contribution in [0.25, 0.3) is 10.2 Å². The van der Waals surface area contributed by atoms with Crippen molar-refractivity contribution >= 4 is 33.3 Å². The standard InChI is InChI=1S/C17H24N4OS/c1-4-18-15-13-11(2)14(23-16(13)20-10-19-15)17(22)21(3)12-8-6-5-7-9-12/h10,12H,4-9H2,1-3H3,(H,18,19,20). The first-order chi connectivity index (χ1) is 11.1. The zero-order valence-electron chi connectivity index (χ0n) is 14.1. The van der Waals surface area contributed by atoms with E-state index in [0.29, 0.717) is 6.04 Å². The van der Waals surface area contributed by atoms with Crippen LogP contribution in [0.1, 0.15) is 54.3 Å². The van der Waals surface area contributed by atoms with Crippen LogP contribution in [0.3, 0.4) is 0 Å². The second-order valence-corrected chi connectivity index (χ2v) is 7.20. The lowest BCUT2D eigenvalue weighted by Crippen LogP contribution is -2.38. The first-order valence-corrected chi connectivity index (χ1v) is 9.20. The van der Waals surface area contributed by atoms with Gasteiger partial charge in [0.05, 0.1) is 10.3 Å². The van der Waals surface area contributed by atoms with Crippen LogP contribution in [0.2, 0.25) is 0 Å². The van der Waals surface area contributed by atoms with Crippen LogP contribution in [0, 0.1) is 6.92 Å². The lowest BCUT2D eigenvalue weighted by Gasteiger charge is -2.31. The maximum absolute atomic E-state index is 13.0. The highest BCUT2D eigenvalue weighted by Gasteiger charge is 2.26. The van der Waals surface area contributed by atoms with Gasteiger partial charge in [-0.1, -0.05) is 19.3 Å². The number of amides is 1. The fraction of sp³-hybridized carbons (Fsp3) is 0.588. The van der Waals surface area contributed by atoms with Crippen molar-refractivity contribution in [3.05, 3.63) is 16.8 Å². The molecule has 23 heavy (non-hydrogen) atoms. The van der Waals surface area contributed by atoms with E-state index in [1.807, 2.05) is 25.8 Å². The van der Waals surface area contributed by atoms with E-state index in [-0.39, 0.29) is 5.91 Å². The molecule has 1 aliphatic rings. The van der Waals surface area contributed by atoms with Crippen LogP contribution in [-0.2, 0) is 0 Å². The van der Waals surface area contributed by atoms with Crippen molar-refractivity contribution in [2.45, 2.75) is 52.0 Å². The van der Waals surface area contributed by atoms with Crippen LogP contribution in [-0.4, -0.2) is 40.4 Å². The number of nitrogens with zero attached hydrogens (tertiary/aromatic N) is 3. The molecule has 0 spiro atoms. The highest BCUT2D eigenvalue weighted by molar-refractivity contribution is 7.20. The van der Waals surface area contributed by atoms with Crippen molar-refractivity contribution in [2.75, 3.05) is 18.9 Å². The molecule has 2 heterocycles. The maximum Gasteiger partial charge on any atom is 0.264 e. The molecular formula is C17H24N4OS. The summed E-state index contributed by atoms with van der Waals surface area (Å²) in [5.41, 5.74) is 0.995. The van der Waals surface area contributed by atoms with Gasteiger partial charge in [0.15, 0.2) is 0 Å². The molecule has 2 aromatic heterocycles. The van der Waals surface area contributed by atoms with Gasteiger partial charge in [0.25, 0.3) is 5.91 Å². The zero-order valence-corrected chi connectivity index (χ0v) is 14.9. The minimum Gasteiger partial charge on any atom is -0.370 e. The molecule has 1 saturated carbocycles. The van der Waals surface area contributed by atoms with Crippen molar-refractivity contribution in [3.8, 4) is 0 Å². The molecule has 0 bridgehead atoms. The lowest BCUT2D eigenvalue weighted by molar-refractivity contribution is 0.0700. The monoisotopic (exact) mass is 332 g/mol. The van der Waals surface area contributed by atoms with Gasteiger partial charge in [-0.25, -0.2) is 9.97 Å². The molecule has 0 unspecified atom stereocenters. The number of aryl methyl sites for hydroxylation is 1. The summed E-state index contributed by atoms with van der Waals surface area (Å²) in [6, 6.07) is 0.375. The van der Waals surface area contributed by atoms with Gasteiger partial charge in [0.2, 0.25) is 0 Å². The van der Waals surface area contributed by atoms with Crippen LogP contribution in [0.15, 0.2) is 6.33 Å². The Hall–Kier alpha value is -1.69. The predicted molar refractivity (Wildman–Crippen MR) is 95.3 cm³/mol. The average Bonchev–Trinajstić information content (AvgIpc) is 2.92. The Morgan fingerprint density at radius 1 is 1.35 bits per heavy atom. The number of aromatic nitrogens is 2. The molecule has 5 nitrogen and oxygen atoms in total. The number of anilines is 1. The molecule has 2 aromatic rings. The van der Waals surface area contributed by atoms with Gasteiger partial charge in [0, 0.05) is 19.6 Å². The summed E-state index contributed by atoms with van der Waals surface area (Å²) in [4.78, 5) is 25.3. The van der Waals surface area contributed by atoms with Gasteiger partial charge in [-0.05, 0) is 32.3 Å². The third-order valence-corrected chi connectivity index (χ3v) is 5.90. The first-order valence-electron chi connectivity index (χ1n) is 8.38. The molecule has 1 amide bonds. The molecule has 1 N–H and O–H groups in total. The minimum absolute atomic E-state index is 0.125. The summed E-state index contributed by atoms with van der Waals surface area (Å²) in [5.74, 6) is 0.950. The lowest BCUT2D eigenvalue weighted by atomic mass is 9.94. The van der Waals surface area contributed by atoms with Gasteiger partial charge < -0.3 is 10.2 Å². The van der Waals surface area contributed by atoms with Crippen molar-refractivity contribution in [3.63, 3.8) is 0 Å². The Balaban J connectivity index is 1.94. The second kappa shape index (κ2) is 6.83. The Labute approximate surface area is 141 Å². The molecule has 6 heteroatoms. The Morgan fingerprint density at radius 3 is 2.78 bits per heavy atom. The van der Waals surface area contributed by atoms with Gasteiger partial charge in [-0.3, -0.25) is 4.79 Å². The van der Waals surface area contributed by atoms with E-state index in [9.17, 15) is 4.79 Å². The number of nitrogens with one attached hydrogen (secondary N) is 1. The van der Waals surface area contributed by atoms with E-state index in [1.54, 1.807) is 6.33 Å². The van der Waals surface area contributed by atoms with Crippen LogP contribution in [0.5, 0.6) is 0 Å². The van der Waals surface area contributed by atoms with Gasteiger partial charge in [-0.15, -0.1) is 11.3 Å². The molecule has 0 aliphatic heterocycles. The number of hydrogen-bond acceptors (Lipinski definition) is 5. The number of thiophene rings is 1. The quantitative estimate of drug-likeness (QED) is 0.924.